The third kappa shape index (κ3) is 4.60. The van der Waals surface area contributed by atoms with Crippen molar-refractivity contribution in [2.45, 2.75) is 12.8 Å². The molecule has 0 radical (unpaired) electrons. The van der Waals surface area contributed by atoms with Gasteiger partial charge in [0.1, 0.15) is 18.9 Å². The molecule has 0 saturated heterocycles. The van der Waals surface area contributed by atoms with Gasteiger partial charge in [0.25, 0.3) is 11.5 Å². The molecule has 31 heavy (non-hydrogen) atoms. The quantitative estimate of drug-likeness (QED) is 0.545. The second-order valence-corrected chi connectivity index (χ2v) is 6.38. The third-order valence-corrected chi connectivity index (χ3v) is 4.28. The van der Waals surface area contributed by atoms with Crippen LogP contribution in [0.2, 0.25) is 0 Å². The number of amides is 1. The zero-order valence-corrected chi connectivity index (χ0v) is 15.6. The van der Waals surface area contributed by atoms with Gasteiger partial charge in [0.05, 0.1) is 11.1 Å². The highest BCUT2D eigenvalue weighted by Gasteiger charge is 2.30. The average Bonchev–Trinajstić information content (AvgIpc) is 2.72. The van der Waals surface area contributed by atoms with Crippen molar-refractivity contribution in [3.8, 4) is 5.75 Å². The van der Waals surface area contributed by atoms with Crippen LogP contribution in [-0.2, 0) is 17.6 Å². The first-order valence-electron chi connectivity index (χ1n) is 8.75. The van der Waals surface area contributed by atoms with Crippen molar-refractivity contribution < 1.29 is 37.8 Å². The fourth-order valence-corrected chi connectivity index (χ4v) is 2.80. The fraction of sp³-hybridized carbons (Fsp3) is 0.150. The molecule has 0 saturated carbocycles. The number of benzene rings is 2. The molecule has 162 valence electrons. The van der Waals surface area contributed by atoms with Crippen LogP contribution in [0.3, 0.4) is 0 Å². The van der Waals surface area contributed by atoms with E-state index in [0.717, 1.165) is 16.9 Å². The number of rotatable bonds is 6. The number of aliphatic carboxylic acids is 1. The molecule has 0 aliphatic rings. The van der Waals surface area contributed by atoms with E-state index >= 15 is 0 Å². The van der Waals surface area contributed by atoms with Gasteiger partial charge in [0.15, 0.2) is 5.56 Å². The molecular formula is C20H15F3N2O6. The van der Waals surface area contributed by atoms with E-state index in [9.17, 15) is 32.7 Å². The van der Waals surface area contributed by atoms with Crippen LogP contribution in [0.5, 0.6) is 5.75 Å². The number of hydrogen-bond donors (Lipinski definition) is 3. The van der Waals surface area contributed by atoms with Gasteiger partial charge >= 0.3 is 12.1 Å². The van der Waals surface area contributed by atoms with Gasteiger partial charge in [-0.2, -0.15) is 13.2 Å². The maximum atomic E-state index is 12.8. The molecule has 0 spiro atoms. The summed E-state index contributed by atoms with van der Waals surface area (Å²) in [6.45, 7) is -1.10. The molecule has 1 heterocycles. The minimum atomic E-state index is -4.50. The summed E-state index contributed by atoms with van der Waals surface area (Å²) >= 11 is 0. The van der Waals surface area contributed by atoms with Crippen LogP contribution in [0.15, 0.2) is 53.3 Å². The molecule has 11 heteroatoms. The molecule has 2 aromatic carbocycles. The van der Waals surface area contributed by atoms with E-state index in [1.54, 1.807) is 6.07 Å². The normalized spacial score (nSPS) is 11.3. The lowest BCUT2D eigenvalue weighted by Crippen LogP contribution is -2.37. The van der Waals surface area contributed by atoms with Gasteiger partial charge < -0.3 is 20.4 Å². The van der Waals surface area contributed by atoms with E-state index < -0.39 is 47.0 Å². The van der Waals surface area contributed by atoms with E-state index in [4.69, 9.17) is 9.94 Å². The smallest absolute Gasteiger partial charge is 0.416 e. The van der Waals surface area contributed by atoms with Crippen LogP contribution in [-0.4, -0.2) is 33.4 Å². The number of fused-ring (bicyclic) bond motifs is 1. The standard InChI is InChI=1S/C20H15F3N2O6/c21-20(22,23)12-7-5-11(6-8-12)10-31-25-14-4-2-1-3-13(14)17(28)16(19(25)30)18(29)24-9-15(26)27/h1-8,28H,9-10H2,(H,24,29)(H,26,27). The van der Waals surface area contributed by atoms with Crippen molar-refractivity contribution in [2.24, 2.45) is 0 Å². The molecule has 0 bridgehead atoms. The van der Waals surface area contributed by atoms with E-state index in [1.165, 1.54) is 30.3 Å². The molecular weight excluding hydrogens is 421 g/mol. The van der Waals surface area contributed by atoms with Crippen LogP contribution in [0, 0.1) is 0 Å². The Balaban J connectivity index is 1.98. The van der Waals surface area contributed by atoms with Crippen LogP contribution in [0.25, 0.3) is 10.9 Å². The Labute approximate surface area is 172 Å². The lowest BCUT2D eigenvalue weighted by Gasteiger charge is -2.15. The molecule has 0 atom stereocenters. The summed E-state index contributed by atoms with van der Waals surface area (Å²) in [5.41, 5.74) is -2.22. The summed E-state index contributed by atoms with van der Waals surface area (Å²) < 4.78 is 38.8. The van der Waals surface area contributed by atoms with Gasteiger partial charge in [-0.15, -0.1) is 4.73 Å². The Kier molecular flexibility index (Phi) is 5.86. The van der Waals surface area contributed by atoms with Gasteiger partial charge in [-0.1, -0.05) is 24.3 Å². The van der Waals surface area contributed by atoms with E-state index in [0.29, 0.717) is 5.56 Å². The van der Waals surface area contributed by atoms with Gasteiger partial charge in [0.2, 0.25) is 0 Å². The van der Waals surface area contributed by atoms with Gasteiger partial charge in [0, 0.05) is 5.39 Å². The molecule has 0 unspecified atom stereocenters. The lowest BCUT2D eigenvalue weighted by atomic mass is 10.1. The summed E-state index contributed by atoms with van der Waals surface area (Å²) in [6, 6.07) is 10.0. The van der Waals surface area contributed by atoms with Crippen LogP contribution in [0.1, 0.15) is 21.5 Å². The number of nitrogens with zero attached hydrogens (tertiary/aromatic N) is 1. The predicted octanol–water partition coefficient (Wildman–Crippen LogP) is 2.17. The minimum absolute atomic E-state index is 0.0787. The van der Waals surface area contributed by atoms with E-state index in [1.807, 2.05) is 5.32 Å². The molecule has 0 fully saturated rings. The summed E-state index contributed by atoms with van der Waals surface area (Å²) in [4.78, 5) is 41.2. The highest BCUT2D eigenvalue weighted by atomic mass is 19.4. The summed E-state index contributed by atoms with van der Waals surface area (Å²) in [6.07, 6.45) is -4.50. The van der Waals surface area contributed by atoms with Crippen molar-refractivity contribution in [3.63, 3.8) is 0 Å². The molecule has 8 nitrogen and oxygen atoms in total. The predicted molar refractivity (Wildman–Crippen MR) is 102 cm³/mol. The number of nitrogens with one attached hydrogen (secondary N) is 1. The van der Waals surface area contributed by atoms with Gasteiger partial charge in [-0.05, 0) is 29.8 Å². The van der Waals surface area contributed by atoms with Crippen molar-refractivity contribution in [2.75, 3.05) is 6.54 Å². The fourth-order valence-electron chi connectivity index (χ4n) is 2.80. The number of carbonyl (C=O) groups excluding carboxylic acids is 1. The first kappa shape index (κ1) is 21.7. The molecule has 3 N–H and O–H groups in total. The van der Waals surface area contributed by atoms with Gasteiger partial charge in [-0.3, -0.25) is 14.4 Å². The number of carboxylic acid groups (broad SMARTS) is 1. The van der Waals surface area contributed by atoms with Crippen LogP contribution >= 0.6 is 0 Å². The Bertz CT molecular complexity index is 1200. The number of carbonyl (C=O) groups is 2. The highest BCUT2D eigenvalue weighted by Crippen LogP contribution is 2.29. The molecule has 3 rings (SSSR count). The average molecular weight is 436 g/mol. The summed E-state index contributed by atoms with van der Waals surface area (Å²) in [7, 11) is 0. The maximum Gasteiger partial charge on any atom is 0.416 e. The Hall–Kier alpha value is -4.02. The number of para-hydroxylation sites is 1. The second-order valence-electron chi connectivity index (χ2n) is 6.38. The first-order valence-corrected chi connectivity index (χ1v) is 8.75. The topological polar surface area (TPSA) is 118 Å². The Morgan fingerprint density at radius 2 is 1.71 bits per heavy atom. The number of hydrogen-bond acceptors (Lipinski definition) is 5. The molecule has 3 aromatic rings. The number of alkyl halides is 3. The second kappa shape index (κ2) is 8.38. The van der Waals surface area contributed by atoms with E-state index in [-0.39, 0.29) is 17.5 Å². The zero-order chi connectivity index (χ0) is 22.8. The minimum Gasteiger partial charge on any atom is -0.506 e. The van der Waals surface area contributed by atoms with Crippen molar-refractivity contribution in [3.05, 3.63) is 75.6 Å². The van der Waals surface area contributed by atoms with E-state index in [2.05, 4.69) is 0 Å². The number of carboxylic acids is 1. The number of aromatic nitrogens is 1. The molecule has 0 aliphatic carbocycles. The molecule has 1 aromatic heterocycles. The van der Waals surface area contributed by atoms with Crippen molar-refractivity contribution in [1.82, 2.24) is 10.0 Å². The third-order valence-electron chi connectivity index (χ3n) is 4.28. The monoisotopic (exact) mass is 436 g/mol. The maximum absolute atomic E-state index is 12.8. The highest BCUT2D eigenvalue weighted by molar-refractivity contribution is 6.02. The van der Waals surface area contributed by atoms with Crippen LogP contribution in [0.4, 0.5) is 13.2 Å². The Morgan fingerprint density at radius 1 is 1.06 bits per heavy atom. The number of aromatic hydroxyl groups is 1. The molecule has 1 amide bonds. The largest absolute Gasteiger partial charge is 0.506 e. The number of pyridine rings is 1. The summed E-state index contributed by atoms with van der Waals surface area (Å²) in [5, 5.41) is 21.2. The Morgan fingerprint density at radius 3 is 2.32 bits per heavy atom. The van der Waals surface area contributed by atoms with Crippen LogP contribution < -0.4 is 15.7 Å². The number of halogens is 3. The zero-order valence-electron chi connectivity index (χ0n) is 15.6. The van der Waals surface area contributed by atoms with Crippen molar-refractivity contribution >= 4 is 22.8 Å². The lowest BCUT2D eigenvalue weighted by molar-refractivity contribution is -0.138. The van der Waals surface area contributed by atoms with Crippen molar-refractivity contribution in [1.29, 1.82) is 0 Å². The first-order chi connectivity index (χ1) is 14.6. The van der Waals surface area contributed by atoms with Gasteiger partial charge in [-0.25, -0.2) is 0 Å². The molecule has 0 aliphatic heterocycles. The summed E-state index contributed by atoms with van der Waals surface area (Å²) in [5.74, 6) is -3.13. The SMILES string of the molecule is O=C(O)CNC(=O)c1c(O)c2ccccc2n(OCc2ccc(C(F)(F)F)cc2)c1=O.